The van der Waals surface area contributed by atoms with Crippen LogP contribution in [0.1, 0.15) is 29.3 Å². The number of aromatic carboxylic acids is 1. The first-order valence-electron chi connectivity index (χ1n) is 5.48. The highest BCUT2D eigenvalue weighted by Crippen LogP contribution is 2.23. The molecule has 0 aliphatic heterocycles. The van der Waals surface area contributed by atoms with Gasteiger partial charge in [-0.25, -0.2) is 4.79 Å². The zero-order chi connectivity index (χ0) is 11.5. The van der Waals surface area contributed by atoms with Gasteiger partial charge in [0.2, 0.25) is 0 Å². The summed E-state index contributed by atoms with van der Waals surface area (Å²) in [6.45, 7) is 2.12. The molecule has 0 saturated carbocycles. The zero-order valence-corrected chi connectivity index (χ0v) is 9.23. The van der Waals surface area contributed by atoms with E-state index in [1.807, 2.05) is 30.3 Å². The van der Waals surface area contributed by atoms with Crippen molar-refractivity contribution in [1.82, 2.24) is 0 Å². The molecule has 0 amide bonds. The van der Waals surface area contributed by atoms with Gasteiger partial charge in [-0.3, -0.25) is 0 Å². The minimum atomic E-state index is -0.862. The first kappa shape index (κ1) is 10.7. The first-order chi connectivity index (χ1) is 7.74. The average Bonchev–Trinajstić information content (AvgIpc) is 2.29. The molecular weight excluding hydrogens is 200 g/mol. The maximum absolute atomic E-state index is 11.1. The molecule has 0 aliphatic rings. The number of rotatable bonds is 3. The fourth-order valence-electron chi connectivity index (χ4n) is 2.04. The third-order valence-electron chi connectivity index (χ3n) is 2.76. The van der Waals surface area contributed by atoms with Crippen LogP contribution in [0.4, 0.5) is 0 Å². The molecule has 0 aliphatic carbocycles. The van der Waals surface area contributed by atoms with E-state index in [4.69, 9.17) is 5.11 Å². The Bertz CT molecular complexity index is 529. The molecule has 2 aromatic rings. The van der Waals surface area contributed by atoms with E-state index in [1.54, 1.807) is 6.07 Å². The summed E-state index contributed by atoms with van der Waals surface area (Å²) in [6.07, 6.45) is 2.05. The van der Waals surface area contributed by atoms with E-state index in [2.05, 4.69) is 6.92 Å². The lowest BCUT2D eigenvalue weighted by atomic mass is 9.97. The normalized spacial score (nSPS) is 10.6. The summed E-state index contributed by atoms with van der Waals surface area (Å²) in [6, 6.07) is 11.3. The fraction of sp³-hybridized carbons (Fsp3) is 0.214. The predicted octanol–water partition coefficient (Wildman–Crippen LogP) is 3.49. The zero-order valence-electron chi connectivity index (χ0n) is 9.23. The molecule has 16 heavy (non-hydrogen) atoms. The first-order valence-corrected chi connectivity index (χ1v) is 5.48. The maximum Gasteiger partial charge on any atom is 0.336 e. The number of aryl methyl sites for hydroxylation is 1. The number of fused-ring (bicyclic) bond motifs is 1. The number of benzene rings is 2. The van der Waals surface area contributed by atoms with Gasteiger partial charge in [-0.1, -0.05) is 43.7 Å². The number of hydrogen-bond acceptors (Lipinski definition) is 1. The highest BCUT2D eigenvalue weighted by molar-refractivity contribution is 6.04. The summed E-state index contributed by atoms with van der Waals surface area (Å²) in [4.78, 5) is 11.1. The van der Waals surface area contributed by atoms with Crippen LogP contribution in [0.25, 0.3) is 10.8 Å². The molecular formula is C14H14O2. The van der Waals surface area contributed by atoms with Gasteiger partial charge < -0.3 is 5.11 Å². The summed E-state index contributed by atoms with van der Waals surface area (Å²) in [5, 5.41) is 11.0. The number of carboxylic acids is 1. The summed E-state index contributed by atoms with van der Waals surface area (Å²) < 4.78 is 0. The van der Waals surface area contributed by atoms with Crippen LogP contribution in [-0.2, 0) is 6.42 Å². The second-order valence-corrected chi connectivity index (χ2v) is 3.87. The van der Waals surface area contributed by atoms with Gasteiger partial charge in [-0.05, 0) is 28.8 Å². The van der Waals surface area contributed by atoms with Crippen LogP contribution >= 0.6 is 0 Å². The third-order valence-corrected chi connectivity index (χ3v) is 2.76. The van der Waals surface area contributed by atoms with Crippen molar-refractivity contribution in [3.8, 4) is 0 Å². The predicted molar refractivity (Wildman–Crippen MR) is 64.9 cm³/mol. The molecule has 0 atom stereocenters. The molecule has 2 aromatic carbocycles. The molecule has 0 unspecified atom stereocenters. The Hall–Kier alpha value is -1.83. The molecule has 0 radical (unpaired) electrons. The standard InChI is InChI=1S/C14H14O2/c1-2-5-10-8-9-13(14(15)16)12-7-4-3-6-11(10)12/h3-4,6-9H,2,5H2,1H3,(H,15,16). The Morgan fingerprint density at radius 3 is 2.44 bits per heavy atom. The van der Waals surface area contributed by atoms with E-state index >= 15 is 0 Å². The van der Waals surface area contributed by atoms with E-state index in [0.717, 1.165) is 23.6 Å². The molecule has 0 spiro atoms. The fourth-order valence-corrected chi connectivity index (χ4v) is 2.04. The maximum atomic E-state index is 11.1. The van der Waals surface area contributed by atoms with Crippen LogP contribution in [0.5, 0.6) is 0 Å². The monoisotopic (exact) mass is 214 g/mol. The number of carbonyl (C=O) groups is 1. The van der Waals surface area contributed by atoms with E-state index in [0.29, 0.717) is 5.56 Å². The lowest BCUT2D eigenvalue weighted by molar-refractivity contribution is 0.0699. The number of carboxylic acid groups (broad SMARTS) is 1. The van der Waals surface area contributed by atoms with Gasteiger partial charge in [-0.2, -0.15) is 0 Å². The van der Waals surface area contributed by atoms with Crippen LogP contribution in [0.3, 0.4) is 0 Å². The van der Waals surface area contributed by atoms with Crippen LogP contribution < -0.4 is 0 Å². The molecule has 2 nitrogen and oxygen atoms in total. The Balaban J connectivity index is 2.71. The van der Waals surface area contributed by atoms with Gasteiger partial charge in [0, 0.05) is 0 Å². The van der Waals surface area contributed by atoms with Crippen LogP contribution in [0.2, 0.25) is 0 Å². The highest BCUT2D eigenvalue weighted by Gasteiger charge is 2.09. The molecule has 0 bridgehead atoms. The lowest BCUT2D eigenvalue weighted by Gasteiger charge is -2.07. The average molecular weight is 214 g/mol. The molecule has 1 N–H and O–H groups in total. The minimum Gasteiger partial charge on any atom is -0.478 e. The summed E-state index contributed by atoms with van der Waals surface area (Å²) in [5.41, 5.74) is 1.61. The molecule has 0 aromatic heterocycles. The van der Waals surface area contributed by atoms with Gasteiger partial charge in [-0.15, -0.1) is 0 Å². The van der Waals surface area contributed by atoms with Crippen LogP contribution in [0.15, 0.2) is 36.4 Å². The van der Waals surface area contributed by atoms with Crippen molar-refractivity contribution in [3.63, 3.8) is 0 Å². The van der Waals surface area contributed by atoms with Crippen molar-refractivity contribution in [2.24, 2.45) is 0 Å². The SMILES string of the molecule is CCCc1ccc(C(=O)O)c2ccccc12. The molecule has 0 heterocycles. The van der Waals surface area contributed by atoms with Crippen molar-refractivity contribution >= 4 is 16.7 Å². The molecule has 0 saturated heterocycles. The lowest BCUT2D eigenvalue weighted by Crippen LogP contribution is -1.99. The molecule has 0 fully saturated rings. The van der Waals surface area contributed by atoms with E-state index in [-0.39, 0.29) is 0 Å². The van der Waals surface area contributed by atoms with E-state index in [9.17, 15) is 4.79 Å². The topological polar surface area (TPSA) is 37.3 Å². The van der Waals surface area contributed by atoms with Crippen molar-refractivity contribution in [2.45, 2.75) is 19.8 Å². The third kappa shape index (κ3) is 1.78. The Morgan fingerprint density at radius 2 is 1.81 bits per heavy atom. The summed E-state index contributed by atoms with van der Waals surface area (Å²) in [5.74, 6) is -0.862. The van der Waals surface area contributed by atoms with Gasteiger partial charge in [0.15, 0.2) is 0 Å². The molecule has 2 rings (SSSR count). The smallest absolute Gasteiger partial charge is 0.336 e. The van der Waals surface area contributed by atoms with Crippen molar-refractivity contribution in [1.29, 1.82) is 0 Å². The summed E-state index contributed by atoms with van der Waals surface area (Å²) in [7, 11) is 0. The summed E-state index contributed by atoms with van der Waals surface area (Å²) >= 11 is 0. The van der Waals surface area contributed by atoms with Crippen molar-refractivity contribution in [3.05, 3.63) is 47.5 Å². The van der Waals surface area contributed by atoms with Crippen LogP contribution in [0, 0.1) is 0 Å². The Kier molecular flexibility index (Phi) is 2.91. The van der Waals surface area contributed by atoms with Crippen LogP contribution in [-0.4, -0.2) is 11.1 Å². The quantitative estimate of drug-likeness (QED) is 0.849. The Morgan fingerprint density at radius 1 is 1.12 bits per heavy atom. The van der Waals surface area contributed by atoms with Gasteiger partial charge in [0.1, 0.15) is 0 Å². The molecule has 2 heteroatoms. The van der Waals surface area contributed by atoms with E-state index < -0.39 is 5.97 Å². The molecule has 82 valence electrons. The second kappa shape index (κ2) is 4.35. The Labute approximate surface area is 94.5 Å². The van der Waals surface area contributed by atoms with Gasteiger partial charge in [0.25, 0.3) is 0 Å². The van der Waals surface area contributed by atoms with Crippen molar-refractivity contribution in [2.75, 3.05) is 0 Å². The number of hydrogen-bond donors (Lipinski definition) is 1. The van der Waals surface area contributed by atoms with Crippen molar-refractivity contribution < 1.29 is 9.90 Å². The highest BCUT2D eigenvalue weighted by atomic mass is 16.4. The second-order valence-electron chi connectivity index (χ2n) is 3.87. The van der Waals surface area contributed by atoms with E-state index in [1.165, 1.54) is 5.56 Å². The largest absolute Gasteiger partial charge is 0.478 e. The minimum absolute atomic E-state index is 0.385. The van der Waals surface area contributed by atoms with Gasteiger partial charge >= 0.3 is 5.97 Å². The van der Waals surface area contributed by atoms with Gasteiger partial charge in [0.05, 0.1) is 5.56 Å².